The van der Waals surface area contributed by atoms with Crippen molar-refractivity contribution in [1.29, 1.82) is 0 Å². The van der Waals surface area contributed by atoms with E-state index in [0.717, 1.165) is 16.3 Å². The van der Waals surface area contributed by atoms with Crippen LogP contribution in [0.1, 0.15) is 12.5 Å². The Balaban J connectivity index is 1.59. The number of halogens is 1. The summed E-state index contributed by atoms with van der Waals surface area (Å²) in [6.45, 7) is 2.19. The molecule has 3 aromatic carbocycles. The Hall–Kier alpha value is -2.52. The van der Waals surface area contributed by atoms with Gasteiger partial charge in [-0.3, -0.25) is 4.79 Å². The highest BCUT2D eigenvalue weighted by Crippen LogP contribution is 2.21. The monoisotopic (exact) mass is 339 g/mol. The van der Waals surface area contributed by atoms with E-state index in [1.165, 1.54) is 0 Å². The molecule has 0 saturated heterocycles. The molecule has 0 heterocycles. The number of rotatable bonds is 5. The number of carbonyl (C=O) groups is 1. The fraction of sp³-hybridized carbons (Fsp3) is 0.150. The maximum Gasteiger partial charge on any atom is 0.261 e. The van der Waals surface area contributed by atoms with E-state index in [9.17, 15) is 4.79 Å². The molecule has 0 saturated carbocycles. The number of benzene rings is 3. The van der Waals surface area contributed by atoms with Crippen molar-refractivity contribution in [2.45, 2.75) is 19.6 Å². The summed E-state index contributed by atoms with van der Waals surface area (Å²) in [5, 5.41) is 5.78. The van der Waals surface area contributed by atoms with Crippen LogP contribution in [-0.4, -0.2) is 12.0 Å². The molecular weight excluding hydrogens is 322 g/mol. The predicted octanol–water partition coefficient (Wildman–Crippen LogP) is 4.58. The molecular formula is C20H18ClNO2. The van der Waals surface area contributed by atoms with E-state index < -0.39 is 6.10 Å². The van der Waals surface area contributed by atoms with Gasteiger partial charge in [0.2, 0.25) is 0 Å². The highest BCUT2D eigenvalue weighted by Gasteiger charge is 2.14. The Morgan fingerprint density at radius 3 is 2.50 bits per heavy atom. The lowest BCUT2D eigenvalue weighted by molar-refractivity contribution is -0.127. The molecule has 0 aliphatic heterocycles. The van der Waals surface area contributed by atoms with Crippen LogP contribution in [0.4, 0.5) is 0 Å². The Labute approximate surface area is 146 Å². The molecule has 3 nitrogen and oxygen atoms in total. The quantitative estimate of drug-likeness (QED) is 0.739. The second-order valence-corrected chi connectivity index (χ2v) is 6.05. The third kappa shape index (κ3) is 4.06. The molecule has 0 bridgehead atoms. The molecule has 0 unspecified atom stereocenters. The van der Waals surface area contributed by atoms with Gasteiger partial charge in [0.25, 0.3) is 5.91 Å². The molecule has 1 atom stereocenters. The molecule has 1 amide bonds. The molecule has 0 fully saturated rings. The molecule has 0 aromatic heterocycles. The summed E-state index contributed by atoms with van der Waals surface area (Å²) in [5.41, 5.74) is 0.991. The van der Waals surface area contributed by atoms with Gasteiger partial charge in [-0.2, -0.15) is 0 Å². The highest BCUT2D eigenvalue weighted by atomic mass is 35.5. The van der Waals surface area contributed by atoms with Crippen molar-refractivity contribution in [3.8, 4) is 5.75 Å². The molecule has 0 radical (unpaired) electrons. The number of nitrogens with one attached hydrogen (secondary N) is 1. The van der Waals surface area contributed by atoms with Crippen molar-refractivity contribution in [2.75, 3.05) is 0 Å². The average Bonchev–Trinajstić information content (AvgIpc) is 2.61. The largest absolute Gasteiger partial charge is 0.481 e. The Bertz CT molecular complexity index is 846. The Kier molecular flexibility index (Phi) is 5.02. The first-order valence-electron chi connectivity index (χ1n) is 7.79. The second kappa shape index (κ2) is 7.37. The fourth-order valence-corrected chi connectivity index (χ4v) is 2.56. The van der Waals surface area contributed by atoms with Crippen molar-refractivity contribution in [2.24, 2.45) is 0 Å². The van der Waals surface area contributed by atoms with Crippen LogP contribution in [0.15, 0.2) is 66.7 Å². The Morgan fingerprint density at radius 1 is 1.04 bits per heavy atom. The molecule has 4 heteroatoms. The van der Waals surface area contributed by atoms with Gasteiger partial charge in [-0.25, -0.2) is 0 Å². The summed E-state index contributed by atoms with van der Waals surface area (Å²) >= 11 is 5.85. The van der Waals surface area contributed by atoms with Crippen LogP contribution in [0.3, 0.4) is 0 Å². The van der Waals surface area contributed by atoms with E-state index in [1.54, 1.807) is 19.1 Å². The van der Waals surface area contributed by atoms with Crippen molar-refractivity contribution < 1.29 is 9.53 Å². The molecule has 0 aliphatic carbocycles. The van der Waals surface area contributed by atoms with Crippen molar-refractivity contribution in [1.82, 2.24) is 5.32 Å². The zero-order valence-corrected chi connectivity index (χ0v) is 14.1. The normalized spacial score (nSPS) is 11.9. The van der Waals surface area contributed by atoms with Gasteiger partial charge >= 0.3 is 0 Å². The number of carbonyl (C=O) groups excluding carboxylic acids is 1. The van der Waals surface area contributed by atoms with E-state index in [0.29, 0.717) is 17.3 Å². The van der Waals surface area contributed by atoms with Crippen LogP contribution in [0, 0.1) is 0 Å². The third-order valence-corrected chi connectivity index (χ3v) is 4.03. The minimum Gasteiger partial charge on any atom is -0.481 e. The molecule has 3 aromatic rings. The lowest BCUT2D eigenvalue weighted by Crippen LogP contribution is -2.35. The smallest absolute Gasteiger partial charge is 0.261 e. The second-order valence-electron chi connectivity index (χ2n) is 5.61. The molecule has 122 valence electrons. The zero-order chi connectivity index (χ0) is 16.9. The number of hydrogen-bond donors (Lipinski definition) is 1. The number of fused-ring (bicyclic) bond motifs is 1. The summed E-state index contributed by atoms with van der Waals surface area (Å²) in [6, 6.07) is 21.2. The minimum absolute atomic E-state index is 0.155. The third-order valence-electron chi connectivity index (χ3n) is 3.78. The molecule has 1 N–H and O–H groups in total. The van der Waals surface area contributed by atoms with Gasteiger partial charge < -0.3 is 10.1 Å². The summed E-state index contributed by atoms with van der Waals surface area (Å²) in [4.78, 5) is 12.2. The maximum absolute atomic E-state index is 12.2. The van der Waals surface area contributed by atoms with E-state index >= 15 is 0 Å². The highest BCUT2D eigenvalue weighted by molar-refractivity contribution is 6.30. The van der Waals surface area contributed by atoms with Crippen molar-refractivity contribution in [3.63, 3.8) is 0 Å². The lowest BCUT2D eigenvalue weighted by Gasteiger charge is -2.15. The number of ether oxygens (including phenoxy) is 1. The molecule has 0 spiro atoms. The van der Waals surface area contributed by atoms with Crippen LogP contribution in [0.5, 0.6) is 5.75 Å². The molecule has 3 rings (SSSR count). The first-order valence-corrected chi connectivity index (χ1v) is 8.17. The average molecular weight is 340 g/mol. The van der Waals surface area contributed by atoms with E-state index in [-0.39, 0.29) is 5.91 Å². The lowest BCUT2D eigenvalue weighted by atomic mass is 10.1. The van der Waals surface area contributed by atoms with E-state index in [4.69, 9.17) is 16.3 Å². The first-order chi connectivity index (χ1) is 11.6. The SMILES string of the molecule is C[C@H](Oc1ccc2ccccc2c1)C(=O)NCc1ccc(Cl)cc1. The Morgan fingerprint density at radius 2 is 1.75 bits per heavy atom. The maximum atomic E-state index is 12.2. The minimum atomic E-state index is -0.571. The summed E-state index contributed by atoms with van der Waals surface area (Å²) in [7, 11) is 0. The van der Waals surface area contributed by atoms with Crippen LogP contribution in [0.25, 0.3) is 10.8 Å². The zero-order valence-electron chi connectivity index (χ0n) is 13.3. The topological polar surface area (TPSA) is 38.3 Å². The molecule has 24 heavy (non-hydrogen) atoms. The van der Waals surface area contributed by atoms with Gasteiger partial charge in [0, 0.05) is 11.6 Å². The number of amides is 1. The first kappa shape index (κ1) is 16.3. The predicted molar refractivity (Wildman–Crippen MR) is 97.3 cm³/mol. The molecule has 0 aliphatic rings. The van der Waals surface area contributed by atoms with Crippen LogP contribution in [-0.2, 0) is 11.3 Å². The number of hydrogen-bond acceptors (Lipinski definition) is 2. The van der Waals surface area contributed by atoms with Crippen LogP contribution < -0.4 is 10.1 Å². The fourth-order valence-electron chi connectivity index (χ4n) is 2.43. The standard InChI is InChI=1S/C20H18ClNO2/c1-14(20(23)22-13-15-6-9-18(21)10-7-15)24-19-11-8-16-4-2-3-5-17(16)12-19/h2-12,14H,13H2,1H3,(H,22,23)/t14-/m0/s1. The van der Waals surface area contributed by atoms with Crippen LogP contribution in [0.2, 0.25) is 5.02 Å². The van der Waals surface area contributed by atoms with Crippen LogP contribution >= 0.6 is 11.6 Å². The van der Waals surface area contributed by atoms with Crippen molar-refractivity contribution in [3.05, 3.63) is 77.3 Å². The van der Waals surface area contributed by atoms with Gasteiger partial charge in [0.05, 0.1) is 0 Å². The van der Waals surface area contributed by atoms with E-state index in [1.807, 2.05) is 54.6 Å². The van der Waals surface area contributed by atoms with Gasteiger partial charge in [-0.1, -0.05) is 54.1 Å². The van der Waals surface area contributed by atoms with Gasteiger partial charge in [0.1, 0.15) is 5.75 Å². The van der Waals surface area contributed by atoms with Gasteiger partial charge in [-0.05, 0) is 47.5 Å². The summed E-state index contributed by atoms with van der Waals surface area (Å²) < 4.78 is 5.76. The van der Waals surface area contributed by atoms with Crippen molar-refractivity contribution >= 4 is 28.3 Å². The summed E-state index contributed by atoms with van der Waals surface area (Å²) in [6.07, 6.45) is -0.571. The summed E-state index contributed by atoms with van der Waals surface area (Å²) in [5.74, 6) is 0.529. The van der Waals surface area contributed by atoms with Gasteiger partial charge in [0.15, 0.2) is 6.10 Å². The van der Waals surface area contributed by atoms with E-state index in [2.05, 4.69) is 5.32 Å². The van der Waals surface area contributed by atoms with Gasteiger partial charge in [-0.15, -0.1) is 0 Å².